The molecule has 1 saturated heterocycles. The Bertz CT molecular complexity index is 407. The normalized spacial score (nSPS) is 24.9. The Hall–Kier alpha value is -1.65. The number of urea groups is 1. The second-order valence-electron chi connectivity index (χ2n) is 5.62. The van der Waals surface area contributed by atoms with Crippen LogP contribution in [0.15, 0.2) is 12.2 Å². The van der Waals surface area contributed by atoms with E-state index in [9.17, 15) is 14.4 Å². The second kappa shape index (κ2) is 8.71. The van der Waals surface area contributed by atoms with Crippen LogP contribution in [-0.2, 0) is 9.59 Å². The number of fused-ring (bicyclic) bond motifs is 1. The highest BCUT2D eigenvalue weighted by molar-refractivity contribution is 6.00. The highest BCUT2D eigenvalue weighted by Crippen LogP contribution is 2.33. The van der Waals surface area contributed by atoms with Gasteiger partial charge in [-0.2, -0.15) is 0 Å². The van der Waals surface area contributed by atoms with Gasteiger partial charge in [0.25, 0.3) is 0 Å². The van der Waals surface area contributed by atoms with E-state index in [4.69, 9.17) is 0 Å². The molecule has 2 aliphatic rings. The van der Waals surface area contributed by atoms with Gasteiger partial charge < -0.3 is 0 Å². The molecule has 1 aliphatic carbocycles. The van der Waals surface area contributed by atoms with Crippen molar-refractivity contribution >= 4 is 17.8 Å². The first-order valence-corrected chi connectivity index (χ1v) is 7.29. The van der Waals surface area contributed by atoms with Crippen LogP contribution in [0.3, 0.4) is 0 Å². The van der Waals surface area contributed by atoms with Crippen LogP contribution in [0, 0.1) is 11.8 Å². The van der Waals surface area contributed by atoms with Gasteiger partial charge in [-0.3, -0.25) is 19.4 Å². The first-order valence-electron chi connectivity index (χ1n) is 7.29. The van der Waals surface area contributed by atoms with Crippen molar-refractivity contribution in [1.29, 1.82) is 0 Å². The molecule has 0 N–H and O–H groups in total. The van der Waals surface area contributed by atoms with Crippen LogP contribution in [0.5, 0.6) is 0 Å². The van der Waals surface area contributed by atoms with Gasteiger partial charge in [0.1, 0.15) is 0 Å². The van der Waals surface area contributed by atoms with Gasteiger partial charge >= 0.3 is 6.03 Å². The van der Waals surface area contributed by atoms with Crippen molar-refractivity contribution < 1.29 is 14.4 Å². The number of hydrogen-bond donors (Lipinski definition) is 0. The van der Waals surface area contributed by atoms with Crippen molar-refractivity contribution in [3.63, 3.8) is 0 Å². The van der Waals surface area contributed by atoms with Crippen molar-refractivity contribution in [2.45, 2.75) is 54.4 Å². The van der Waals surface area contributed by atoms with Crippen molar-refractivity contribution in [2.75, 3.05) is 13.1 Å². The molecule has 2 atom stereocenters. The van der Waals surface area contributed by atoms with Crippen molar-refractivity contribution in [2.24, 2.45) is 11.8 Å². The number of allylic oxidation sites excluding steroid dienone is 2. The maximum atomic E-state index is 12.3. The van der Waals surface area contributed by atoms with Crippen LogP contribution in [0.1, 0.15) is 54.4 Å². The lowest BCUT2D eigenvalue weighted by molar-refractivity contribution is -0.129. The Morgan fingerprint density at radius 1 is 0.909 bits per heavy atom. The van der Waals surface area contributed by atoms with Gasteiger partial charge in [-0.05, 0) is 37.5 Å². The number of amides is 4. The number of hydrogen-bond acceptors (Lipinski definition) is 3. The fraction of sp³-hybridized carbons (Fsp3) is 0.706. The largest absolute Gasteiger partial charge is 0.333 e. The van der Waals surface area contributed by atoms with E-state index in [1.54, 1.807) is 0 Å². The van der Waals surface area contributed by atoms with E-state index in [0.29, 0.717) is 24.9 Å². The lowest BCUT2D eigenvalue weighted by Gasteiger charge is -2.29. The molecule has 0 radical (unpaired) electrons. The molecule has 0 aromatic heterocycles. The second-order valence-corrected chi connectivity index (χ2v) is 5.62. The first-order chi connectivity index (χ1) is 9.50. The number of carbonyl (C=O) groups is 3. The van der Waals surface area contributed by atoms with Gasteiger partial charge in [0, 0.05) is 26.9 Å². The van der Waals surface area contributed by atoms with E-state index in [0.717, 1.165) is 25.7 Å². The lowest BCUT2D eigenvalue weighted by Crippen LogP contribution is -2.48. The summed E-state index contributed by atoms with van der Waals surface area (Å²) in [5, 5.41) is 0. The lowest BCUT2D eigenvalue weighted by atomic mass is 9.77. The Morgan fingerprint density at radius 2 is 1.27 bits per heavy atom. The standard InChI is InChI=1S/C15H22N2O3.2CH4/c1-11(18)16-9-3-5-13-7-8-14(13)6-4-10-17(12(2)19)15(16)20;;/h7-8,13-14H,3-6,9-10H2,1-2H3;2*1H4. The Morgan fingerprint density at radius 3 is 1.55 bits per heavy atom. The third kappa shape index (κ3) is 4.42. The van der Waals surface area contributed by atoms with Gasteiger partial charge in [-0.1, -0.05) is 27.0 Å². The quantitative estimate of drug-likeness (QED) is 0.644. The average Bonchev–Trinajstić information content (AvgIpc) is 2.36. The fourth-order valence-corrected chi connectivity index (χ4v) is 2.94. The van der Waals surface area contributed by atoms with Gasteiger partial charge in [0.2, 0.25) is 11.8 Å². The summed E-state index contributed by atoms with van der Waals surface area (Å²) in [4.78, 5) is 38.0. The van der Waals surface area contributed by atoms with E-state index in [2.05, 4.69) is 12.2 Å². The van der Waals surface area contributed by atoms with Crippen LogP contribution in [0.25, 0.3) is 0 Å². The van der Waals surface area contributed by atoms with Gasteiger partial charge in [0.05, 0.1) is 0 Å². The van der Waals surface area contributed by atoms with Gasteiger partial charge in [-0.25, -0.2) is 4.79 Å². The van der Waals surface area contributed by atoms with Crippen molar-refractivity contribution in [3.8, 4) is 0 Å². The average molecular weight is 310 g/mol. The highest BCUT2D eigenvalue weighted by Gasteiger charge is 2.30. The summed E-state index contributed by atoms with van der Waals surface area (Å²) in [6.07, 6.45) is 8.01. The van der Waals surface area contributed by atoms with Gasteiger partial charge in [-0.15, -0.1) is 0 Å². The molecule has 0 aromatic carbocycles. The summed E-state index contributed by atoms with van der Waals surface area (Å²) < 4.78 is 0. The maximum absolute atomic E-state index is 12.3. The molecule has 2 rings (SSSR count). The maximum Gasteiger partial charge on any atom is 0.333 e. The highest BCUT2D eigenvalue weighted by atomic mass is 16.2. The summed E-state index contributed by atoms with van der Waals surface area (Å²) in [5.41, 5.74) is 0. The zero-order chi connectivity index (χ0) is 14.7. The molecule has 1 fully saturated rings. The number of rotatable bonds is 0. The fourth-order valence-electron chi connectivity index (χ4n) is 2.94. The number of nitrogens with zero attached hydrogens (tertiary/aromatic N) is 2. The van der Waals surface area contributed by atoms with Crippen molar-refractivity contribution in [1.82, 2.24) is 9.80 Å². The molecule has 0 spiro atoms. The Balaban J connectivity index is 0.00000220. The summed E-state index contributed by atoms with van der Waals surface area (Å²) in [6.45, 7) is 3.55. The third-order valence-electron chi connectivity index (χ3n) is 4.22. The van der Waals surface area contributed by atoms with Gasteiger partial charge in [0.15, 0.2) is 0 Å². The van der Waals surface area contributed by atoms with Crippen LogP contribution in [0.4, 0.5) is 4.79 Å². The van der Waals surface area contributed by atoms with Crippen LogP contribution in [-0.4, -0.2) is 40.7 Å². The van der Waals surface area contributed by atoms with Crippen molar-refractivity contribution in [3.05, 3.63) is 12.2 Å². The number of imide groups is 2. The predicted octanol–water partition coefficient (Wildman–Crippen LogP) is 3.45. The zero-order valence-corrected chi connectivity index (χ0v) is 12.2. The Kier molecular flexibility index (Phi) is 8.06. The minimum atomic E-state index is -0.466. The third-order valence-corrected chi connectivity index (χ3v) is 4.22. The Labute approximate surface area is 134 Å². The molecule has 5 nitrogen and oxygen atoms in total. The molecule has 0 saturated carbocycles. The minimum absolute atomic E-state index is 0. The molecule has 1 aliphatic heterocycles. The predicted molar refractivity (Wildman–Crippen MR) is 88.2 cm³/mol. The molecule has 5 heteroatoms. The molecule has 2 unspecified atom stereocenters. The molecule has 4 amide bonds. The molecular weight excluding hydrogens is 280 g/mol. The summed E-state index contributed by atoms with van der Waals surface area (Å²) >= 11 is 0. The van der Waals surface area contributed by atoms with E-state index < -0.39 is 6.03 Å². The smallest absolute Gasteiger partial charge is 0.275 e. The van der Waals surface area contributed by atoms with Crippen LogP contribution < -0.4 is 0 Å². The van der Waals surface area contributed by atoms with E-state index in [1.165, 1.54) is 23.6 Å². The molecular formula is C17H30N2O3. The van der Waals surface area contributed by atoms with E-state index in [1.807, 2.05) is 0 Å². The molecule has 126 valence electrons. The SMILES string of the molecule is C.C.CC(=O)N1CCCC2C=CC2CCCN(C(C)=O)C1=O. The number of carbonyl (C=O) groups excluding carboxylic acids is 3. The summed E-state index contributed by atoms with van der Waals surface area (Å²) in [5.74, 6) is 0.563. The molecule has 0 aromatic rings. The summed E-state index contributed by atoms with van der Waals surface area (Å²) in [6, 6.07) is -0.466. The topological polar surface area (TPSA) is 57.7 Å². The van der Waals surface area contributed by atoms with Crippen LogP contribution in [0.2, 0.25) is 0 Å². The van der Waals surface area contributed by atoms with Crippen LogP contribution >= 0.6 is 0 Å². The monoisotopic (exact) mass is 310 g/mol. The summed E-state index contributed by atoms with van der Waals surface area (Å²) in [7, 11) is 0. The molecule has 22 heavy (non-hydrogen) atoms. The molecule has 0 bridgehead atoms. The zero-order valence-electron chi connectivity index (χ0n) is 12.2. The minimum Gasteiger partial charge on any atom is -0.275 e. The van der Waals surface area contributed by atoms with E-state index in [-0.39, 0.29) is 26.7 Å². The van der Waals surface area contributed by atoms with E-state index >= 15 is 0 Å². The molecule has 1 heterocycles. The first kappa shape index (κ1) is 20.3.